The number of fused-ring (bicyclic) bond motifs is 1. The van der Waals surface area contributed by atoms with Crippen LogP contribution in [0.3, 0.4) is 0 Å². The first-order chi connectivity index (χ1) is 8.86. The minimum atomic E-state index is 1.12. The van der Waals surface area contributed by atoms with E-state index >= 15 is 0 Å². The quantitative estimate of drug-likeness (QED) is 0.583. The number of hydrogen-bond donors (Lipinski definition) is 0. The summed E-state index contributed by atoms with van der Waals surface area (Å²) in [4.78, 5) is 0. The van der Waals surface area contributed by atoms with Gasteiger partial charge in [-0.2, -0.15) is 0 Å². The van der Waals surface area contributed by atoms with Crippen LogP contribution in [0.15, 0.2) is 36.4 Å². The van der Waals surface area contributed by atoms with Crippen LogP contribution in [-0.2, 0) is 12.8 Å². The second kappa shape index (κ2) is 6.58. The zero-order valence-electron chi connectivity index (χ0n) is 11.7. The van der Waals surface area contributed by atoms with E-state index < -0.39 is 0 Å². The number of benzene rings is 2. The van der Waals surface area contributed by atoms with Gasteiger partial charge >= 0.3 is 0 Å². The van der Waals surface area contributed by atoms with Gasteiger partial charge in [-0.1, -0.05) is 69.5 Å². The molecule has 0 aliphatic rings. The van der Waals surface area contributed by atoms with Crippen LogP contribution in [0.2, 0.25) is 0 Å². The van der Waals surface area contributed by atoms with Crippen molar-refractivity contribution < 1.29 is 0 Å². The Morgan fingerprint density at radius 3 is 2.06 bits per heavy atom. The number of aryl methyl sites for hydroxylation is 2. The molecule has 2 aromatic rings. The number of unbranched alkanes of at least 4 members (excludes halogenated alkanes) is 3. The third-order valence-electron chi connectivity index (χ3n) is 3.78. The monoisotopic (exact) mass is 240 g/mol. The standard InChI is InChI=1S/C18H24/c1-3-5-6-7-10-16-12-9-13-17-15(4-2)11-8-14-18(16)17/h8-9,11-14H,3-7,10H2,1-2H3. The maximum absolute atomic E-state index is 2.30. The molecule has 2 rings (SSSR count). The first kappa shape index (κ1) is 13.1. The van der Waals surface area contributed by atoms with Gasteiger partial charge in [0.15, 0.2) is 0 Å². The van der Waals surface area contributed by atoms with E-state index in [0.717, 1.165) is 6.42 Å². The summed E-state index contributed by atoms with van der Waals surface area (Å²) >= 11 is 0. The Morgan fingerprint density at radius 2 is 1.39 bits per heavy atom. The molecule has 0 saturated heterocycles. The summed E-state index contributed by atoms with van der Waals surface area (Å²) in [6, 6.07) is 13.5. The van der Waals surface area contributed by atoms with Crippen LogP contribution in [-0.4, -0.2) is 0 Å². The highest BCUT2D eigenvalue weighted by Crippen LogP contribution is 2.24. The normalized spacial score (nSPS) is 11.0. The Labute approximate surface area is 111 Å². The van der Waals surface area contributed by atoms with Gasteiger partial charge in [0.05, 0.1) is 0 Å². The minimum Gasteiger partial charge on any atom is -0.0654 e. The van der Waals surface area contributed by atoms with Gasteiger partial charge in [0.1, 0.15) is 0 Å². The van der Waals surface area contributed by atoms with Gasteiger partial charge in [0, 0.05) is 0 Å². The van der Waals surface area contributed by atoms with E-state index in [0.29, 0.717) is 0 Å². The molecule has 0 N–H and O–H groups in total. The highest BCUT2D eigenvalue weighted by Gasteiger charge is 2.03. The molecule has 0 heteroatoms. The smallest absolute Gasteiger partial charge is 0.0149 e. The molecular weight excluding hydrogens is 216 g/mol. The van der Waals surface area contributed by atoms with E-state index in [4.69, 9.17) is 0 Å². The summed E-state index contributed by atoms with van der Waals surface area (Å²) < 4.78 is 0. The molecule has 2 aromatic carbocycles. The largest absolute Gasteiger partial charge is 0.0654 e. The molecule has 96 valence electrons. The second-order valence-corrected chi connectivity index (χ2v) is 5.09. The van der Waals surface area contributed by atoms with Crippen LogP contribution in [0, 0.1) is 0 Å². The lowest BCUT2D eigenvalue weighted by Gasteiger charge is -2.09. The van der Waals surface area contributed by atoms with Crippen LogP contribution in [0.5, 0.6) is 0 Å². The highest BCUT2D eigenvalue weighted by molar-refractivity contribution is 5.88. The molecule has 0 amide bonds. The Hall–Kier alpha value is -1.30. The fraction of sp³-hybridized carbons (Fsp3) is 0.444. The zero-order valence-corrected chi connectivity index (χ0v) is 11.7. The number of hydrogen-bond acceptors (Lipinski definition) is 0. The van der Waals surface area contributed by atoms with Crippen molar-refractivity contribution in [2.24, 2.45) is 0 Å². The van der Waals surface area contributed by atoms with Crippen LogP contribution in [0.4, 0.5) is 0 Å². The fourth-order valence-corrected chi connectivity index (χ4v) is 2.71. The van der Waals surface area contributed by atoms with Crippen LogP contribution >= 0.6 is 0 Å². The lowest BCUT2D eigenvalue weighted by atomic mass is 9.96. The van der Waals surface area contributed by atoms with Crippen LogP contribution in [0.25, 0.3) is 10.8 Å². The zero-order chi connectivity index (χ0) is 12.8. The van der Waals surface area contributed by atoms with Crippen molar-refractivity contribution in [2.75, 3.05) is 0 Å². The molecule has 0 atom stereocenters. The third kappa shape index (κ3) is 2.93. The predicted molar refractivity (Wildman–Crippen MR) is 81.2 cm³/mol. The first-order valence-electron chi connectivity index (χ1n) is 7.36. The first-order valence-corrected chi connectivity index (χ1v) is 7.36. The molecule has 0 nitrogen and oxygen atoms in total. The van der Waals surface area contributed by atoms with Gasteiger partial charge in [0.25, 0.3) is 0 Å². The molecule has 0 aliphatic carbocycles. The maximum atomic E-state index is 2.30. The summed E-state index contributed by atoms with van der Waals surface area (Å²) in [5.41, 5.74) is 3.00. The SMILES string of the molecule is CCCCCCc1cccc2c(CC)cccc12. The van der Waals surface area contributed by atoms with E-state index in [1.165, 1.54) is 54.0 Å². The van der Waals surface area contributed by atoms with E-state index in [2.05, 4.69) is 50.2 Å². The van der Waals surface area contributed by atoms with Gasteiger partial charge in [-0.05, 0) is 41.2 Å². The van der Waals surface area contributed by atoms with Crippen LogP contribution in [0.1, 0.15) is 50.7 Å². The topological polar surface area (TPSA) is 0 Å². The highest BCUT2D eigenvalue weighted by atomic mass is 14.1. The van der Waals surface area contributed by atoms with Crippen molar-refractivity contribution in [1.29, 1.82) is 0 Å². The second-order valence-electron chi connectivity index (χ2n) is 5.09. The molecule has 0 aromatic heterocycles. The van der Waals surface area contributed by atoms with Gasteiger partial charge in [-0.3, -0.25) is 0 Å². The average molecular weight is 240 g/mol. The van der Waals surface area contributed by atoms with E-state index in [9.17, 15) is 0 Å². The summed E-state index contributed by atoms with van der Waals surface area (Å²) in [6.07, 6.45) is 7.71. The molecule has 0 fully saturated rings. The molecule has 0 heterocycles. The van der Waals surface area contributed by atoms with Crippen molar-refractivity contribution in [3.8, 4) is 0 Å². The van der Waals surface area contributed by atoms with Gasteiger partial charge in [0.2, 0.25) is 0 Å². The van der Waals surface area contributed by atoms with Crippen molar-refractivity contribution in [2.45, 2.75) is 52.4 Å². The molecular formula is C18H24. The fourth-order valence-electron chi connectivity index (χ4n) is 2.71. The Balaban J connectivity index is 2.23. The maximum Gasteiger partial charge on any atom is -0.0149 e. The third-order valence-corrected chi connectivity index (χ3v) is 3.78. The Morgan fingerprint density at radius 1 is 0.722 bits per heavy atom. The lowest BCUT2D eigenvalue weighted by Crippen LogP contribution is -1.90. The lowest BCUT2D eigenvalue weighted by molar-refractivity contribution is 0.668. The molecule has 0 spiro atoms. The molecule has 0 radical (unpaired) electrons. The molecule has 18 heavy (non-hydrogen) atoms. The summed E-state index contributed by atoms with van der Waals surface area (Å²) in [5, 5.41) is 2.92. The van der Waals surface area contributed by atoms with Gasteiger partial charge in [-0.15, -0.1) is 0 Å². The summed E-state index contributed by atoms with van der Waals surface area (Å²) in [5.74, 6) is 0. The van der Waals surface area contributed by atoms with Gasteiger partial charge < -0.3 is 0 Å². The van der Waals surface area contributed by atoms with Crippen molar-refractivity contribution in [3.63, 3.8) is 0 Å². The molecule has 0 aliphatic heterocycles. The Bertz CT molecular complexity index is 496. The number of rotatable bonds is 6. The minimum absolute atomic E-state index is 1.12. The van der Waals surface area contributed by atoms with Crippen molar-refractivity contribution >= 4 is 10.8 Å². The van der Waals surface area contributed by atoms with Crippen molar-refractivity contribution in [1.82, 2.24) is 0 Å². The van der Waals surface area contributed by atoms with E-state index in [1.807, 2.05) is 0 Å². The Kier molecular flexibility index (Phi) is 4.81. The molecule has 0 saturated carbocycles. The summed E-state index contributed by atoms with van der Waals surface area (Å²) in [7, 11) is 0. The predicted octanol–water partition coefficient (Wildman–Crippen LogP) is 5.53. The van der Waals surface area contributed by atoms with Gasteiger partial charge in [-0.25, -0.2) is 0 Å². The molecule has 0 unspecified atom stereocenters. The van der Waals surface area contributed by atoms with Crippen LogP contribution < -0.4 is 0 Å². The molecule has 0 bridgehead atoms. The average Bonchev–Trinajstić information content (AvgIpc) is 2.43. The van der Waals surface area contributed by atoms with E-state index in [1.54, 1.807) is 0 Å². The van der Waals surface area contributed by atoms with E-state index in [-0.39, 0.29) is 0 Å². The van der Waals surface area contributed by atoms with Crippen molar-refractivity contribution in [3.05, 3.63) is 47.5 Å². The summed E-state index contributed by atoms with van der Waals surface area (Å²) in [6.45, 7) is 4.51.